The third-order valence-electron chi connectivity index (χ3n) is 2.32. The van der Waals surface area contributed by atoms with Crippen LogP contribution < -0.4 is 0 Å². The van der Waals surface area contributed by atoms with Crippen molar-refractivity contribution in [3.63, 3.8) is 0 Å². The van der Waals surface area contributed by atoms with E-state index < -0.39 is 0 Å². The van der Waals surface area contributed by atoms with Crippen molar-refractivity contribution >= 4 is 11.9 Å². The van der Waals surface area contributed by atoms with E-state index in [1.807, 2.05) is 19.2 Å². The van der Waals surface area contributed by atoms with Gasteiger partial charge >= 0.3 is 0 Å². The van der Waals surface area contributed by atoms with Gasteiger partial charge in [-0.2, -0.15) is 0 Å². The van der Waals surface area contributed by atoms with Gasteiger partial charge in [-0.15, -0.1) is 0 Å². The van der Waals surface area contributed by atoms with Crippen molar-refractivity contribution in [2.45, 2.75) is 27.2 Å². The third-order valence-corrected chi connectivity index (χ3v) is 2.32. The fraction of sp³-hybridized carbons (Fsp3) is 0.385. The van der Waals surface area contributed by atoms with E-state index in [0.29, 0.717) is 5.92 Å². The van der Waals surface area contributed by atoms with E-state index >= 15 is 0 Å². The van der Waals surface area contributed by atoms with Crippen molar-refractivity contribution < 1.29 is 0 Å². The average Bonchev–Trinajstić information content (AvgIpc) is 2.20. The van der Waals surface area contributed by atoms with Gasteiger partial charge in [0.1, 0.15) is 0 Å². The van der Waals surface area contributed by atoms with E-state index in [1.54, 1.807) is 12.4 Å². The van der Waals surface area contributed by atoms with Gasteiger partial charge in [-0.1, -0.05) is 26.5 Å². The molecule has 80 valence electrons. The van der Waals surface area contributed by atoms with E-state index in [-0.39, 0.29) is 0 Å². The molecule has 15 heavy (non-hydrogen) atoms. The molecule has 0 aromatic rings. The van der Waals surface area contributed by atoms with Crippen LogP contribution in [0, 0.1) is 5.92 Å². The van der Waals surface area contributed by atoms with Crippen molar-refractivity contribution in [1.29, 1.82) is 0 Å². The normalized spacial score (nSPS) is 17.7. The molecule has 0 radical (unpaired) electrons. The summed E-state index contributed by atoms with van der Waals surface area (Å²) in [5.41, 5.74) is 3.27. The largest absolute Gasteiger partial charge is 0.263 e. The first-order valence-electron chi connectivity index (χ1n) is 5.24. The molecule has 0 atom stereocenters. The molecule has 0 aromatic carbocycles. The minimum absolute atomic E-state index is 0.541. The van der Waals surface area contributed by atoms with E-state index in [4.69, 9.17) is 0 Å². The molecule has 0 N–H and O–H groups in total. The van der Waals surface area contributed by atoms with Gasteiger partial charge < -0.3 is 0 Å². The summed E-state index contributed by atoms with van der Waals surface area (Å²) in [6, 6.07) is 0. The van der Waals surface area contributed by atoms with Gasteiger partial charge in [0.25, 0.3) is 0 Å². The smallest absolute Gasteiger partial charge is 0.0841 e. The van der Waals surface area contributed by atoms with E-state index in [9.17, 15) is 0 Å². The molecule has 0 saturated carbocycles. The summed E-state index contributed by atoms with van der Waals surface area (Å²) >= 11 is 0. The SMILES string of the molecule is C=C1CC(C(C)C)=CN=C1C=N/C=C\C. The van der Waals surface area contributed by atoms with Gasteiger partial charge in [-0.05, 0) is 30.4 Å². The summed E-state index contributed by atoms with van der Waals surface area (Å²) in [6.07, 6.45) is 8.25. The Morgan fingerprint density at radius 3 is 2.80 bits per heavy atom. The number of allylic oxidation sites excluding steroid dienone is 3. The van der Waals surface area contributed by atoms with Gasteiger partial charge in [0.2, 0.25) is 0 Å². The molecular formula is C13H18N2. The van der Waals surface area contributed by atoms with Crippen LogP contribution in [0.15, 0.2) is 46.2 Å². The Bertz CT molecular complexity index is 355. The van der Waals surface area contributed by atoms with Crippen LogP contribution in [0.3, 0.4) is 0 Å². The first-order chi connectivity index (χ1) is 7.15. The summed E-state index contributed by atoms with van der Waals surface area (Å²) < 4.78 is 0. The Hall–Kier alpha value is -1.44. The second-order valence-corrected chi connectivity index (χ2v) is 3.91. The highest BCUT2D eigenvalue weighted by Gasteiger charge is 2.12. The molecule has 0 unspecified atom stereocenters. The van der Waals surface area contributed by atoms with Crippen LogP contribution in [0.1, 0.15) is 27.2 Å². The Morgan fingerprint density at radius 2 is 2.27 bits per heavy atom. The van der Waals surface area contributed by atoms with Gasteiger partial charge in [0, 0.05) is 12.4 Å². The lowest BCUT2D eigenvalue weighted by atomic mass is 9.93. The highest BCUT2D eigenvalue weighted by molar-refractivity contribution is 6.38. The molecule has 1 rings (SSSR count). The van der Waals surface area contributed by atoms with Gasteiger partial charge in [0.15, 0.2) is 0 Å². The minimum Gasteiger partial charge on any atom is -0.263 e. The predicted octanol–water partition coefficient (Wildman–Crippen LogP) is 3.53. The molecule has 0 saturated heterocycles. The van der Waals surface area contributed by atoms with Gasteiger partial charge in [-0.3, -0.25) is 9.98 Å². The van der Waals surface area contributed by atoms with Crippen molar-refractivity contribution in [2.24, 2.45) is 15.9 Å². The molecule has 0 bridgehead atoms. The standard InChI is InChI=1S/C13H18N2/c1-5-6-14-9-13-11(4)7-12(8-15-13)10(2)3/h5-6,8-10H,4,7H2,1-3H3/b6-5-,14-9?. The monoisotopic (exact) mass is 202 g/mol. The number of rotatable bonds is 3. The Labute approximate surface area is 91.8 Å². The van der Waals surface area contributed by atoms with E-state index in [0.717, 1.165) is 17.7 Å². The van der Waals surface area contributed by atoms with Crippen LogP contribution in [0.25, 0.3) is 0 Å². The van der Waals surface area contributed by atoms with Crippen molar-refractivity contribution in [1.82, 2.24) is 0 Å². The molecule has 1 heterocycles. The highest BCUT2D eigenvalue weighted by Crippen LogP contribution is 2.22. The van der Waals surface area contributed by atoms with E-state index in [1.165, 1.54) is 5.57 Å². The molecule has 0 aliphatic carbocycles. The van der Waals surface area contributed by atoms with E-state index in [2.05, 4.69) is 30.4 Å². The fourth-order valence-electron chi connectivity index (χ4n) is 1.30. The number of aliphatic imine (C=N–C) groups is 2. The quantitative estimate of drug-likeness (QED) is 0.625. The molecule has 1 aliphatic heterocycles. The summed E-state index contributed by atoms with van der Waals surface area (Å²) in [5.74, 6) is 0.541. The molecule has 0 fully saturated rings. The summed E-state index contributed by atoms with van der Waals surface area (Å²) in [6.45, 7) is 10.3. The van der Waals surface area contributed by atoms with Crippen molar-refractivity contribution in [3.8, 4) is 0 Å². The number of hydrogen-bond acceptors (Lipinski definition) is 2. The first kappa shape index (κ1) is 11.6. The fourth-order valence-corrected chi connectivity index (χ4v) is 1.30. The van der Waals surface area contributed by atoms with Crippen LogP contribution in [-0.2, 0) is 0 Å². The van der Waals surface area contributed by atoms with Crippen LogP contribution in [0.5, 0.6) is 0 Å². The Morgan fingerprint density at radius 1 is 1.53 bits per heavy atom. The average molecular weight is 202 g/mol. The summed E-state index contributed by atoms with van der Waals surface area (Å²) in [4.78, 5) is 8.46. The zero-order valence-corrected chi connectivity index (χ0v) is 9.70. The van der Waals surface area contributed by atoms with Crippen LogP contribution in [-0.4, -0.2) is 11.9 Å². The summed E-state index contributed by atoms with van der Waals surface area (Å²) in [7, 11) is 0. The van der Waals surface area contributed by atoms with Crippen molar-refractivity contribution in [2.75, 3.05) is 0 Å². The Balaban J connectivity index is 2.79. The number of hydrogen-bond donors (Lipinski definition) is 0. The number of nitrogens with zero attached hydrogens (tertiary/aromatic N) is 2. The lowest BCUT2D eigenvalue weighted by molar-refractivity contribution is 0.737. The van der Waals surface area contributed by atoms with Gasteiger partial charge in [0.05, 0.1) is 11.9 Å². The van der Waals surface area contributed by atoms with Crippen LogP contribution in [0.2, 0.25) is 0 Å². The van der Waals surface area contributed by atoms with Crippen LogP contribution >= 0.6 is 0 Å². The molecule has 0 spiro atoms. The Kier molecular flexibility index (Phi) is 4.22. The zero-order chi connectivity index (χ0) is 11.3. The maximum absolute atomic E-state index is 4.36. The molecule has 0 amide bonds. The maximum Gasteiger partial charge on any atom is 0.0841 e. The minimum atomic E-state index is 0.541. The third kappa shape index (κ3) is 3.31. The predicted molar refractivity (Wildman–Crippen MR) is 67.4 cm³/mol. The molecular weight excluding hydrogens is 184 g/mol. The lowest BCUT2D eigenvalue weighted by Gasteiger charge is -2.16. The topological polar surface area (TPSA) is 24.7 Å². The molecule has 0 aromatic heterocycles. The molecule has 1 aliphatic rings. The molecule has 2 heteroatoms. The molecule has 2 nitrogen and oxygen atoms in total. The zero-order valence-electron chi connectivity index (χ0n) is 9.70. The van der Waals surface area contributed by atoms with Gasteiger partial charge in [-0.25, -0.2) is 0 Å². The van der Waals surface area contributed by atoms with Crippen LogP contribution in [0.4, 0.5) is 0 Å². The van der Waals surface area contributed by atoms with Crippen molar-refractivity contribution in [3.05, 3.63) is 36.2 Å². The first-order valence-corrected chi connectivity index (χ1v) is 5.24. The highest BCUT2D eigenvalue weighted by atomic mass is 14.8. The maximum atomic E-state index is 4.36. The lowest BCUT2D eigenvalue weighted by Crippen LogP contribution is -2.10. The summed E-state index contributed by atoms with van der Waals surface area (Å²) in [5, 5.41) is 0. The second kappa shape index (κ2) is 5.44. The second-order valence-electron chi connectivity index (χ2n) is 3.91.